The molecule has 1 atom stereocenters. The van der Waals surface area contributed by atoms with Gasteiger partial charge in [0, 0.05) is 36.0 Å². The number of carbonyl (C=O) groups is 1. The van der Waals surface area contributed by atoms with E-state index in [9.17, 15) is 4.79 Å². The first-order chi connectivity index (χ1) is 18.7. The van der Waals surface area contributed by atoms with Crippen LogP contribution in [0.1, 0.15) is 44.5 Å². The minimum atomic E-state index is -0.302. The number of nitrogens with one attached hydrogen (secondary N) is 2. The molecular formula is C32H39N5O2. The molecule has 1 aliphatic rings. The quantitative estimate of drug-likeness (QED) is 0.300. The van der Waals surface area contributed by atoms with Gasteiger partial charge in [0.25, 0.3) is 0 Å². The maximum absolute atomic E-state index is 13.3. The molecule has 0 radical (unpaired) electrons. The molecule has 2 heterocycles. The fourth-order valence-electron chi connectivity index (χ4n) is 5.10. The van der Waals surface area contributed by atoms with Crippen molar-refractivity contribution in [2.45, 2.75) is 52.5 Å². The third kappa shape index (κ3) is 6.15. The van der Waals surface area contributed by atoms with E-state index in [0.717, 1.165) is 60.6 Å². The van der Waals surface area contributed by atoms with Gasteiger partial charge in [0.1, 0.15) is 5.82 Å². The Morgan fingerprint density at radius 3 is 2.36 bits per heavy atom. The number of carbonyl (C=O) groups excluding carboxylic acids is 1. The van der Waals surface area contributed by atoms with Gasteiger partial charge in [0.05, 0.1) is 30.3 Å². The van der Waals surface area contributed by atoms with E-state index in [0.29, 0.717) is 11.9 Å². The normalized spacial score (nSPS) is 15.3. The summed E-state index contributed by atoms with van der Waals surface area (Å²) in [6, 6.07) is 22.6. The van der Waals surface area contributed by atoms with Crippen LogP contribution in [-0.4, -0.2) is 53.1 Å². The number of hydrogen-bond donors (Lipinski definition) is 2. The smallest absolute Gasteiger partial charge is 0.324 e. The number of urea groups is 1. The Morgan fingerprint density at radius 1 is 0.974 bits per heavy atom. The summed E-state index contributed by atoms with van der Waals surface area (Å²) in [7, 11) is 0. The molecule has 0 spiro atoms. The number of aryl methyl sites for hydroxylation is 1. The van der Waals surface area contributed by atoms with E-state index in [1.165, 1.54) is 11.1 Å². The SMILES string of the molecule is Cc1ccc(-n2nc(C(C)(C)C)cc2NC(=O)Nc2ccc(CC(C)N3CCOCC3)c3ccccc23)cc1. The zero-order valence-electron chi connectivity index (χ0n) is 23.6. The van der Waals surface area contributed by atoms with Crippen LogP contribution in [-0.2, 0) is 16.6 Å². The predicted octanol–water partition coefficient (Wildman–Crippen LogP) is 6.54. The number of nitrogens with zero attached hydrogens (tertiary/aromatic N) is 3. The minimum Gasteiger partial charge on any atom is -0.379 e. The number of morpholine rings is 1. The maximum atomic E-state index is 13.3. The van der Waals surface area contributed by atoms with E-state index >= 15 is 0 Å². The highest BCUT2D eigenvalue weighted by molar-refractivity contribution is 6.06. The molecule has 1 aromatic heterocycles. The molecule has 1 fully saturated rings. The molecule has 0 aliphatic carbocycles. The first-order valence-electron chi connectivity index (χ1n) is 13.8. The molecule has 2 amide bonds. The third-order valence-corrected chi connectivity index (χ3v) is 7.44. The van der Waals surface area contributed by atoms with Crippen LogP contribution >= 0.6 is 0 Å². The van der Waals surface area contributed by atoms with Crippen molar-refractivity contribution in [2.24, 2.45) is 0 Å². The van der Waals surface area contributed by atoms with E-state index in [-0.39, 0.29) is 11.4 Å². The Hall–Kier alpha value is -3.68. The van der Waals surface area contributed by atoms with Gasteiger partial charge in [-0.2, -0.15) is 5.10 Å². The standard InChI is InChI=1S/C32H39N5O2/c1-22-10-13-25(14-11-22)37-30(21-29(35-37)32(3,4)5)34-31(38)33-28-15-12-24(26-8-6-7-9-27(26)28)20-23(2)36-16-18-39-19-17-36/h6-15,21,23H,16-20H2,1-5H3,(H2,33,34,38). The fraction of sp³-hybridized carbons (Fsp3) is 0.375. The van der Waals surface area contributed by atoms with Crippen molar-refractivity contribution in [1.29, 1.82) is 0 Å². The topological polar surface area (TPSA) is 71.4 Å². The Morgan fingerprint density at radius 2 is 1.67 bits per heavy atom. The monoisotopic (exact) mass is 525 g/mol. The average molecular weight is 526 g/mol. The van der Waals surface area contributed by atoms with Crippen molar-refractivity contribution < 1.29 is 9.53 Å². The lowest BCUT2D eigenvalue weighted by Gasteiger charge is -2.32. The van der Waals surface area contributed by atoms with Gasteiger partial charge >= 0.3 is 6.03 Å². The highest BCUT2D eigenvalue weighted by Gasteiger charge is 2.22. The Labute approximate surface area is 231 Å². The van der Waals surface area contributed by atoms with Crippen LogP contribution in [0.3, 0.4) is 0 Å². The van der Waals surface area contributed by atoms with E-state index in [2.05, 4.69) is 74.4 Å². The number of benzene rings is 3. The van der Waals surface area contributed by atoms with Crippen LogP contribution in [0.5, 0.6) is 0 Å². The lowest BCUT2D eigenvalue weighted by Crippen LogP contribution is -2.43. The largest absolute Gasteiger partial charge is 0.379 e. The zero-order valence-corrected chi connectivity index (χ0v) is 23.6. The van der Waals surface area contributed by atoms with Crippen molar-refractivity contribution in [3.63, 3.8) is 0 Å². The summed E-state index contributed by atoms with van der Waals surface area (Å²) in [4.78, 5) is 15.8. The number of rotatable bonds is 6. The zero-order chi connectivity index (χ0) is 27.6. The Bertz CT molecular complexity index is 1450. The van der Waals surface area contributed by atoms with Gasteiger partial charge in [-0.15, -0.1) is 0 Å². The summed E-state index contributed by atoms with van der Waals surface area (Å²) in [5, 5.41) is 13.2. The van der Waals surface area contributed by atoms with Crippen molar-refractivity contribution in [2.75, 3.05) is 36.9 Å². The first-order valence-corrected chi connectivity index (χ1v) is 13.8. The van der Waals surface area contributed by atoms with Gasteiger partial charge in [-0.1, -0.05) is 68.8 Å². The van der Waals surface area contributed by atoms with E-state index in [4.69, 9.17) is 9.84 Å². The second-order valence-corrected chi connectivity index (χ2v) is 11.5. The van der Waals surface area contributed by atoms with Gasteiger partial charge in [0.15, 0.2) is 0 Å². The van der Waals surface area contributed by atoms with E-state index in [1.54, 1.807) is 4.68 Å². The van der Waals surface area contributed by atoms with Gasteiger partial charge in [-0.05, 0) is 49.4 Å². The highest BCUT2D eigenvalue weighted by Crippen LogP contribution is 2.30. The number of hydrogen-bond acceptors (Lipinski definition) is 4. The van der Waals surface area contributed by atoms with Gasteiger partial charge in [-0.25, -0.2) is 9.48 Å². The second-order valence-electron chi connectivity index (χ2n) is 11.5. The number of fused-ring (bicyclic) bond motifs is 1. The lowest BCUT2D eigenvalue weighted by atomic mass is 9.92. The molecule has 2 N–H and O–H groups in total. The van der Waals surface area contributed by atoms with E-state index in [1.807, 2.05) is 42.5 Å². The molecule has 7 nitrogen and oxygen atoms in total. The van der Waals surface area contributed by atoms with Gasteiger partial charge < -0.3 is 10.1 Å². The molecule has 1 aliphatic heterocycles. The number of ether oxygens (including phenoxy) is 1. The number of aromatic nitrogens is 2. The average Bonchev–Trinajstić information content (AvgIpc) is 3.35. The van der Waals surface area contributed by atoms with Crippen LogP contribution in [0.2, 0.25) is 0 Å². The highest BCUT2D eigenvalue weighted by atomic mass is 16.5. The Kier molecular flexibility index (Phi) is 7.73. The minimum absolute atomic E-state index is 0.159. The number of amides is 2. The lowest BCUT2D eigenvalue weighted by molar-refractivity contribution is 0.0204. The summed E-state index contributed by atoms with van der Waals surface area (Å²) in [5.41, 5.74) is 4.88. The summed E-state index contributed by atoms with van der Waals surface area (Å²) in [5.74, 6) is 0.626. The van der Waals surface area contributed by atoms with Crippen LogP contribution in [0.15, 0.2) is 66.7 Å². The van der Waals surface area contributed by atoms with Crippen molar-refractivity contribution in [3.05, 3.63) is 83.6 Å². The molecule has 0 saturated carbocycles. The van der Waals surface area contributed by atoms with Crippen LogP contribution < -0.4 is 10.6 Å². The van der Waals surface area contributed by atoms with Crippen LogP contribution in [0, 0.1) is 6.92 Å². The van der Waals surface area contributed by atoms with Crippen LogP contribution in [0.25, 0.3) is 16.5 Å². The molecule has 5 rings (SSSR count). The molecule has 4 aromatic rings. The maximum Gasteiger partial charge on any atom is 0.324 e. The van der Waals surface area contributed by atoms with Crippen molar-refractivity contribution in [1.82, 2.24) is 14.7 Å². The summed E-state index contributed by atoms with van der Waals surface area (Å²) in [6.07, 6.45) is 0.943. The molecule has 39 heavy (non-hydrogen) atoms. The summed E-state index contributed by atoms with van der Waals surface area (Å²) < 4.78 is 7.33. The molecule has 204 valence electrons. The number of anilines is 2. The fourth-order valence-corrected chi connectivity index (χ4v) is 5.10. The Balaban J connectivity index is 1.38. The van der Waals surface area contributed by atoms with Gasteiger partial charge in [0.2, 0.25) is 0 Å². The van der Waals surface area contributed by atoms with Crippen molar-refractivity contribution in [3.8, 4) is 5.69 Å². The van der Waals surface area contributed by atoms with Crippen LogP contribution in [0.4, 0.5) is 16.3 Å². The van der Waals surface area contributed by atoms with Crippen molar-refractivity contribution >= 4 is 28.3 Å². The second kappa shape index (κ2) is 11.2. The molecule has 0 bridgehead atoms. The summed E-state index contributed by atoms with van der Waals surface area (Å²) >= 11 is 0. The van der Waals surface area contributed by atoms with E-state index < -0.39 is 0 Å². The molecule has 1 saturated heterocycles. The van der Waals surface area contributed by atoms with Gasteiger partial charge in [-0.3, -0.25) is 10.2 Å². The third-order valence-electron chi connectivity index (χ3n) is 7.44. The first kappa shape index (κ1) is 26.9. The molecule has 1 unspecified atom stereocenters. The molecular weight excluding hydrogens is 486 g/mol. The molecule has 7 heteroatoms. The molecule has 3 aromatic carbocycles. The predicted molar refractivity (Wildman–Crippen MR) is 159 cm³/mol. The summed E-state index contributed by atoms with van der Waals surface area (Å²) in [6.45, 7) is 14.2.